The fourth-order valence-corrected chi connectivity index (χ4v) is 5.64. The van der Waals surface area contributed by atoms with Crippen molar-refractivity contribution in [3.63, 3.8) is 0 Å². The molecule has 1 aliphatic heterocycles. The van der Waals surface area contributed by atoms with Crippen LogP contribution in [0.15, 0.2) is 56.8 Å². The first-order chi connectivity index (χ1) is 17.0. The number of carbonyl (C=O) groups excluding carboxylic acids is 1. The number of benzene rings is 1. The molecule has 8 nitrogen and oxygen atoms in total. The number of carbonyl (C=O) groups is 1. The Balaban J connectivity index is 1.84. The number of aromatic nitrogens is 1. The maximum Gasteiger partial charge on any atom is 0.338 e. The SMILES string of the molecule is CCOC(=O)C1=C(C)N=c2s/c(=C\c3ccc(OCC#N)c(OCC)c3)c(=O)n2[C@H]1c1cccs1. The Bertz CT molecular complexity index is 1490. The molecule has 35 heavy (non-hydrogen) atoms. The Kier molecular flexibility index (Phi) is 7.48. The minimum atomic E-state index is -0.604. The van der Waals surface area contributed by atoms with E-state index >= 15 is 0 Å². The fourth-order valence-electron chi connectivity index (χ4n) is 3.77. The van der Waals surface area contributed by atoms with E-state index in [1.54, 1.807) is 42.7 Å². The molecule has 2 aromatic heterocycles. The number of fused-ring (bicyclic) bond motifs is 1. The third-order valence-electron chi connectivity index (χ3n) is 5.19. The predicted molar refractivity (Wildman–Crippen MR) is 133 cm³/mol. The second-order valence-electron chi connectivity index (χ2n) is 7.40. The molecule has 0 fully saturated rings. The second-order valence-corrected chi connectivity index (χ2v) is 9.39. The van der Waals surface area contributed by atoms with Crippen LogP contribution in [0.5, 0.6) is 11.5 Å². The Morgan fingerprint density at radius 2 is 2.06 bits per heavy atom. The summed E-state index contributed by atoms with van der Waals surface area (Å²) in [6.07, 6.45) is 1.76. The number of allylic oxidation sites excluding steroid dienone is 1. The van der Waals surface area contributed by atoms with Gasteiger partial charge in [-0.1, -0.05) is 23.5 Å². The van der Waals surface area contributed by atoms with Crippen molar-refractivity contribution in [3.8, 4) is 17.6 Å². The molecule has 0 amide bonds. The van der Waals surface area contributed by atoms with Gasteiger partial charge in [-0.2, -0.15) is 5.26 Å². The molecule has 0 spiro atoms. The molecule has 1 aromatic carbocycles. The van der Waals surface area contributed by atoms with Crippen LogP contribution >= 0.6 is 22.7 Å². The van der Waals surface area contributed by atoms with Gasteiger partial charge in [-0.25, -0.2) is 9.79 Å². The molecule has 0 unspecified atom stereocenters. The summed E-state index contributed by atoms with van der Waals surface area (Å²) in [5.74, 6) is 0.469. The van der Waals surface area contributed by atoms with E-state index in [4.69, 9.17) is 19.5 Å². The second kappa shape index (κ2) is 10.7. The minimum absolute atomic E-state index is 0.0944. The summed E-state index contributed by atoms with van der Waals surface area (Å²) in [5.41, 5.74) is 1.39. The van der Waals surface area contributed by atoms with Crippen LogP contribution in [0.25, 0.3) is 6.08 Å². The zero-order chi connectivity index (χ0) is 24.9. The molecule has 0 saturated carbocycles. The average Bonchev–Trinajstić information content (AvgIpc) is 3.47. The van der Waals surface area contributed by atoms with E-state index in [0.717, 1.165) is 10.4 Å². The topological polar surface area (TPSA) is 103 Å². The molecule has 1 atom stereocenters. The van der Waals surface area contributed by atoms with E-state index in [0.29, 0.717) is 38.7 Å². The Labute approximate surface area is 209 Å². The lowest BCUT2D eigenvalue weighted by molar-refractivity contribution is -0.139. The molecule has 4 rings (SSSR count). The molecule has 180 valence electrons. The van der Waals surface area contributed by atoms with Crippen molar-refractivity contribution in [2.75, 3.05) is 19.8 Å². The molecule has 10 heteroatoms. The number of rotatable bonds is 8. The number of nitrogens with zero attached hydrogens (tertiary/aromatic N) is 3. The normalized spacial score (nSPS) is 15.3. The summed E-state index contributed by atoms with van der Waals surface area (Å²) >= 11 is 2.73. The minimum Gasteiger partial charge on any atom is -0.490 e. The Hall–Kier alpha value is -3.68. The van der Waals surface area contributed by atoms with E-state index in [2.05, 4.69) is 4.99 Å². The number of thiazole rings is 1. The van der Waals surface area contributed by atoms with E-state index in [9.17, 15) is 9.59 Å². The van der Waals surface area contributed by atoms with E-state index in [1.165, 1.54) is 22.7 Å². The third-order valence-corrected chi connectivity index (χ3v) is 7.09. The summed E-state index contributed by atoms with van der Waals surface area (Å²) in [4.78, 5) is 32.4. The van der Waals surface area contributed by atoms with Crippen LogP contribution in [-0.4, -0.2) is 30.4 Å². The van der Waals surface area contributed by atoms with Crippen LogP contribution in [0.2, 0.25) is 0 Å². The largest absolute Gasteiger partial charge is 0.490 e. The molecule has 0 aliphatic carbocycles. The first kappa shape index (κ1) is 24.4. The van der Waals surface area contributed by atoms with Gasteiger partial charge < -0.3 is 14.2 Å². The fraction of sp³-hybridized carbons (Fsp3) is 0.280. The van der Waals surface area contributed by atoms with Crippen molar-refractivity contribution in [2.24, 2.45) is 4.99 Å². The number of thiophene rings is 1. The van der Waals surface area contributed by atoms with E-state index < -0.39 is 12.0 Å². The van der Waals surface area contributed by atoms with Gasteiger partial charge in [0.2, 0.25) is 0 Å². The lowest BCUT2D eigenvalue weighted by atomic mass is 10.0. The predicted octanol–water partition coefficient (Wildman–Crippen LogP) is 3.16. The molecule has 0 N–H and O–H groups in total. The lowest BCUT2D eigenvalue weighted by Crippen LogP contribution is -2.39. The third kappa shape index (κ3) is 4.92. The van der Waals surface area contributed by atoms with Crippen LogP contribution in [0, 0.1) is 11.3 Å². The van der Waals surface area contributed by atoms with Crippen molar-refractivity contribution in [1.82, 2.24) is 4.57 Å². The van der Waals surface area contributed by atoms with Crippen LogP contribution in [0.4, 0.5) is 0 Å². The standard InChI is InChI=1S/C25H23N3O5S2/c1-4-31-18-13-16(8-9-17(18)33-11-10-26)14-20-23(29)28-22(19-7-6-12-34-19)21(24(30)32-5-2)15(3)27-25(28)35-20/h6-9,12-14,22H,4-5,11H2,1-3H3/b20-14-/t22-/m0/s1. The van der Waals surface area contributed by atoms with Gasteiger partial charge in [0.1, 0.15) is 12.1 Å². The average molecular weight is 510 g/mol. The molecular weight excluding hydrogens is 486 g/mol. The van der Waals surface area contributed by atoms with Gasteiger partial charge in [-0.15, -0.1) is 11.3 Å². The number of hydrogen-bond acceptors (Lipinski definition) is 9. The highest BCUT2D eigenvalue weighted by Gasteiger charge is 2.33. The van der Waals surface area contributed by atoms with Gasteiger partial charge in [-0.3, -0.25) is 9.36 Å². The monoisotopic (exact) mass is 509 g/mol. The molecule has 3 aromatic rings. The van der Waals surface area contributed by atoms with Crippen LogP contribution in [-0.2, 0) is 9.53 Å². The Morgan fingerprint density at radius 3 is 2.74 bits per heavy atom. The highest BCUT2D eigenvalue weighted by Crippen LogP contribution is 2.33. The van der Waals surface area contributed by atoms with Gasteiger partial charge in [0.25, 0.3) is 5.56 Å². The van der Waals surface area contributed by atoms with Crippen molar-refractivity contribution < 1.29 is 19.0 Å². The maximum atomic E-state index is 13.6. The highest BCUT2D eigenvalue weighted by atomic mass is 32.1. The molecule has 0 bridgehead atoms. The number of hydrogen-bond donors (Lipinski definition) is 0. The van der Waals surface area contributed by atoms with E-state index in [-0.39, 0.29) is 18.8 Å². The maximum absolute atomic E-state index is 13.6. The summed E-state index contributed by atoms with van der Waals surface area (Å²) in [7, 11) is 0. The van der Waals surface area contributed by atoms with Crippen molar-refractivity contribution in [2.45, 2.75) is 26.8 Å². The zero-order valence-electron chi connectivity index (χ0n) is 19.4. The smallest absolute Gasteiger partial charge is 0.338 e. The van der Waals surface area contributed by atoms with Gasteiger partial charge >= 0.3 is 5.97 Å². The first-order valence-electron chi connectivity index (χ1n) is 11.0. The number of ether oxygens (including phenoxy) is 3. The van der Waals surface area contributed by atoms with Crippen molar-refractivity contribution in [1.29, 1.82) is 5.26 Å². The highest BCUT2D eigenvalue weighted by molar-refractivity contribution is 7.10. The number of esters is 1. The molecule has 1 aliphatic rings. The van der Waals surface area contributed by atoms with Gasteiger partial charge in [-0.05, 0) is 56.0 Å². The molecule has 0 saturated heterocycles. The quantitative estimate of drug-likeness (QED) is 0.432. The summed E-state index contributed by atoms with van der Waals surface area (Å²) < 4.78 is 18.4. The van der Waals surface area contributed by atoms with Crippen LogP contribution < -0.4 is 24.4 Å². The van der Waals surface area contributed by atoms with Gasteiger partial charge in [0.05, 0.1) is 29.0 Å². The molecule has 0 radical (unpaired) electrons. The lowest BCUT2D eigenvalue weighted by Gasteiger charge is -2.23. The van der Waals surface area contributed by atoms with Crippen molar-refractivity contribution >= 4 is 34.7 Å². The zero-order valence-corrected chi connectivity index (χ0v) is 21.1. The van der Waals surface area contributed by atoms with E-state index in [1.807, 2.05) is 30.5 Å². The summed E-state index contributed by atoms with van der Waals surface area (Å²) in [6.45, 7) is 5.92. The molecule has 3 heterocycles. The Morgan fingerprint density at radius 1 is 1.23 bits per heavy atom. The van der Waals surface area contributed by atoms with Gasteiger partial charge in [0.15, 0.2) is 22.9 Å². The van der Waals surface area contributed by atoms with Crippen LogP contribution in [0.1, 0.15) is 37.3 Å². The number of nitriles is 1. The summed E-state index contributed by atoms with van der Waals surface area (Å²) in [5, 5.41) is 10.7. The van der Waals surface area contributed by atoms with Crippen LogP contribution in [0.3, 0.4) is 0 Å². The first-order valence-corrected chi connectivity index (χ1v) is 12.7. The van der Waals surface area contributed by atoms with Gasteiger partial charge in [0, 0.05) is 4.88 Å². The van der Waals surface area contributed by atoms with Crippen molar-refractivity contribution in [3.05, 3.63) is 77.1 Å². The summed E-state index contributed by atoms with van der Waals surface area (Å²) in [6, 6.07) is 10.4. The molecular formula is C25H23N3O5S2.